The van der Waals surface area contributed by atoms with Crippen molar-refractivity contribution in [2.75, 3.05) is 13.7 Å². The molecule has 0 saturated carbocycles. The minimum absolute atomic E-state index is 0.0103. The van der Waals surface area contributed by atoms with Gasteiger partial charge in [-0.25, -0.2) is 0 Å². The molecule has 0 aliphatic carbocycles. The Kier molecular flexibility index (Phi) is 6.09. The zero-order valence-corrected chi connectivity index (χ0v) is 11.8. The molecule has 4 heteroatoms. The van der Waals surface area contributed by atoms with Crippen molar-refractivity contribution in [2.45, 2.75) is 45.8 Å². The van der Waals surface area contributed by atoms with E-state index < -0.39 is 0 Å². The van der Waals surface area contributed by atoms with Gasteiger partial charge in [0.15, 0.2) is 0 Å². The second-order valence-corrected chi connectivity index (χ2v) is 4.65. The molecule has 2 unspecified atom stereocenters. The molecule has 18 heavy (non-hydrogen) atoms. The van der Waals surface area contributed by atoms with Gasteiger partial charge < -0.3 is 15.2 Å². The molecule has 0 saturated heterocycles. The Hall–Kier alpha value is -1.13. The molecule has 0 aliphatic rings. The minimum Gasteiger partial charge on any atom is -0.486 e. The highest BCUT2D eigenvalue weighted by Crippen LogP contribution is 2.20. The molecule has 2 atom stereocenters. The Balaban J connectivity index is 2.82. The van der Waals surface area contributed by atoms with Crippen LogP contribution in [0.3, 0.4) is 0 Å². The fourth-order valence-corrected chi connectivity index (χ4v) is 1.73. The topological polar surface area (TPSA) is 57.4 Å². The summed E-state index contributed by atoms with van der Waals surface area (Å²) in [6, 6.07) is 4.04. The molecule has 102 valence electrons. The van der Waals surface area contributed by atoms with E-state index in [1.165, 1.54) is 0 Å². The first-order valence-corrected chi connectivity index (χ1v) is 6.44. The smallest absolute Gasteiger partial charge is 0.141 e. The van der Waals surface area contributed by atoms with Gasteiger partial charge in [-0.15, -0.1) is 0 Å². The van der Waals surface area contributed by atoms with Crippen molar-refractivity contribution in [1.82, 2.24) is 4.98 Å². The predicted octanol–water partition coefficient (Wildman–Crippen LogP) is 2.08. The van der Waals surface area contributed by atoms with Gasteiger partial charge in [0.25, 0.3) is 0 Å². The molecule has 0 amide bonds. The summed E-state index contributed by atoms with van der Waals surface area (Å²) >= 11 is 0. The van der Waals surface area contributed by atoms with Gasteiger partial charge in [0, 0.05) is 25.3 Å². The SMILES string of the molecule is CCC(N)Cc1nc(C)ccc1OC(C)COC. The van der Waals surface area contributed by atoms with Gasteiger partial charge in [0.1, 0.15) is 11.9 Å². The Morgan fingerprint density at radius 3 is 2.72 bits per heavy atom. The van der Waals surface area contributed by atoms with Crippen molar-refractivity contribution in [3.63, 3.8) is 0 Å². The first-order valence-electron chi connectivity index (χ1n) is 6.44. The van der Waals surface area contributed by atoms with E-state index in [-0.39, 0.29) is 12.1 Å². The Labute approximate surface area is 110 Å². The molecule has 0 radical (unpaired) electrons. The summed E-state index contributed by atoms with van der Waals surface area (Å²) in [5, 5.41) is 0. The van der Waals surface area contributed by atoms with Crippen LogP contribution < -0.4 is 10.5 Å². The van der Waals surface area contributed by atoms with E-state index in [2.05, 4.69) is 11.9 Å². The number of methoxy groups -OCH3 is 1. The van der Waals surface area contributed by atoms with Gasteiger partial charge in [0.2, 0.25) is 0 Å². The largest absolute Gasteiger partial charge is 0.486 e. The van der Waals surface area contributed by atoms with Crippen LogP contribution >= 0.6 is 0 Å². The molecule has 1 rings (SSSR count). The standard InChI is InChI=1S/C14H24N2O2/c1-5-12(15)8-13-14(7-6-10(2)16-13)18-11(3)9-17-4/h6-7,11-12H,5,8-9,15H2,1-4H3. The van der Waals surface area contributed by atoms with Crippen LogP contribution in [0.2, 0.25) is 0 Å². The first-order chi connectivity index (χ1) is 8.56. The zero-order valence-electron chi connectivity index (χ0n) is 11.8. The van der Waals surface area contributed by atoms with E-state index in [0.717, 1.165) is 30.0 Å². The van der Waals surface area contributed by atoms with Crippen molar-refractivity contribution in [3.05, 3.63) is 23.5 Å². The maximum atomic E-state index is 5.99. The van der Waals surface area contributed by atoms with Gasteiger partial charge in [-0.05, 0) is 32.4 Å². The minimum atomic E-state index is 0.0103. The molecule has 0 aromatic carbocycles. The van der Waals surface area contributed by atoms with Crippen LogP contribution in [0.5, 0.6) is 5.75 Å². The maximum absolute atomic E-state index is 5.99. The van der Waals surface area contributed by atoms with Gasteiger partial charge in [-0.1, -0.05) is 6.92 Å². The highest BCUT2D eigenvalue weighted by atomic mass is 16.5. The van der Waals surface area contributed by atoms with E-state index in [4.69, 9.17) is 15.2 Å². The number of nitrogens with two attached hydrogens (primary N) is 1. The number of rotatable bonds is 7. The number of aryl methyl sites for hydroxylation is 1. The van der Waals surface area contributed by atoms with E-state index >= 15 is 0 Å². The average molecular weight is 252 g/mol. The van der Waals surface area contributed by atoms with Crippen LogP contribution in [0.15, 0.2) is 12.1 Å². The molecule has 1 heterocycles. The Morgan fingerprint density at radius 1 is 1.39 bits per heavy atom. The quantitative estimate of drug-likeness (QED) is 0.807. The fourth-order valence-electron chi connectivity index (χ4n) is 1.73. The van der Waals surface area contributed by atoms with E-state index in [1.807, 2.05) is 26.0 Å². The van der Waals surface area contributed by atoms with Crippen LogP contribution in [-0.4, -0.2) is 30.8 Å². The molecule has 0 spiro atoms. The molecule has 0 bridgehead atoms. The summed E-state index contributed by atoms with van der Waals surface area (Å²) in [4.78, 5) is 4.53. The summed E-state index contributed by atoms with van der Waals surface area (Å²) in [6.45, 7) is 6.60. The van der Waals surface area contributed by atoms with Gasteiger partial charge in [-0.2, -0.15) is 0 Å². The van der Waals surface area contributed by atoms with Crippen LogP contribution in [0, 0.1) is 6.92 Å². The van der Waals surface area contributed by atoms with Gasteiger partial charge >= 0.3 is 0 Å². The molecule has 2 N–H and O–H groups in total. The molecular weight excluding hydrogens is 228 g/mol. The monoisotopic (exact) mass is 252 g/mol. The van der Waals surface area contributed by atoms with E-state index in [0.29, 0.717) is 6.61 Å². The summed E-state index contributed by atoms with van der Waals surface area (Å²) < 4.78 is 10.9. The second-order valence-electron chi connectivity index (χ2n) is 4.65. The summed E-state index contributed by atoms with van der Waals surface area (Å²) in [6.07, 6.45) is 1.69. The lowest BCUT2D eigenvalue weighted by Crippen LogP contribution is -2.24. The maximum Gasteiger partial charge on any atom is 0.141 e. The Bertz CT molecular complexity index is 369. The normalized spacial score (nSPS) is 14.3. The molecule has 4 nitrogen and oxygen atoms in total. The lowest BCUT2D eigenvalue weighted by molar-refractivity contribution is 0.0910. The van der Waals surface area contributed by atoms with Gasteiger partial charge in [-0.3, -0.25) is 4.98 Å². The first kappa shape index (κ1) is 14.9. The van der Waals surface area contributed by atoms with Gasteiger partial charge in [0.05, 0.1) is 12.3 Å². The third kappa shape index (κ3) is 4.63. The number of pyridine rings is 1. The number of nitrogens with zero attached hydrogens (tertiary/aromatic N) is 1. The molecule has 0 fully saturated rings. The number of hydrogen-bond acceptors (Lipinski definition) is 4. The number of hydrogen-bond donors (Lipinski definition) is 1. The summed E-state index contributed by atoms with van der Waals surface area (Å²) in [5.41, 5.74) is 7.92. The van der Waals surface area contributed by atoms with Crippen molar-refractivity contribution in [1.29, 1.82) is 0 Å². The van der Waals surface area contributed by atoms with Crippen molar-refractivity contribution < 1.29 is 9.47 Å². The molecule has 0 aliphatic heterocycles. The average Bonchev–Trinajstić information content (AvgIpc) is 2.33. The van der Waals surface area contributed by atoms with Crippen molar-refractivity contribution in [2.24, 2.45) is 5.73 Å². The molecule has 1 aromatic heterocycles. The lowest BCUT2D eigenvalue weighted by Gasteiger charge is -2.18. The highest BCUT2D eigenvalue weighted by molar-refractivity contribution is 5.30. The summed E-state index contributed by atoms with van der Waals surface area (Å²) in [5.74, 6) is 0.814. The predicted molar refractivity (Wildman–Crippen MR) is 72.9 cm³/mol. The van der Waals surface area contributed by atoms with Crippen LogP contribution in [-0.2, 0) is 11.2 Å². The van der Waals surface area contributed by atoms with E-state index in [9.17, 15) is 0 Å². The second kappa shape index (κ2) is 7.34. The molecular formula is C14H24N2O2. The number of ether oxygens (including phenoxy) is 2. The fraction of sp³-hybridized carbons (Fsp3) is 0.643. The van der Waals surface area contributed by atoms with E-state index in [1.54, 1.807) is 7.11 Å². The summed E-state index contributed by atoms with van der Waals surface area (Å²) in [7, 11) is 1.67. The molecule has 1 aromatic rings. The number of aromatic nitrogens is 1. The van der Waals surface area contributed by atoms with Crippen LogP contribution in [0.1, 0.15) is 31.7 Å². The highest BCUT2D eigenvalue weighted by Gasteiger charge is 2.12. The zero-order chi connectivity index (χ0) is 13.5. The van der Waals surface area contributed by atoms with Crippen molar-refractivity contribution >= 4 is 0 Å². The third-order valence-corrected chi connectivity index (χ3v) is 2.78. The lowest BCUT2D eigenvalue weighted by atomic mass is 10.1. The van der Waals surface area contributed by atoms with Crippen LogP contribution in [0.25, 0.3) is 0 Å². The van der Waals surface area contributed by atoms with Crippen molar-refractivity contribution in [3.8, 4) is 5.75 Å². The third-order valence-electron chi connectivity index (χ3n) is 2.78. The Morgan fingerprint density at radius 2 is 2.11 bits per heavy atom. The van der Waals surface area contributed by atoms with Crippen LogP contribution in [0.4, 0.5) is 0 Å².